The van der Waals surface area contributed by atoms with E-state index >= 15 is 0 Å². The van der Waals surface area contributed by atoms with Crippen LogP contribution in [-0.4, -0.2) is 47.5 Å². The number of carbonyl (C=O) groups is 1. The molecule has 5 nitrogen and oxygen atoms in total. The Labute approximate surface area is 111 Å². The fourth-order valence-corrected chi connectivity index (χ4v) is 2.18. The first-order valence-corrected chi connectivity index (χ1v) is 6.62. The molecule has 0 bridgehead atoms. The van der Waals surface area contributed by atoms with Crippen LogP contribution < -0.4 is 0 Å². The van der Waals surface area contributed by atoms with E-state index in [1.165, 1.54) is 6.39 Å². The molecule has 0 aliphatic carbocycles. The molecular formula is C12H17ClN2O3. The van der Waals surface area contributed by atoms with Gasteiger partial charge in [0.1, 0.15) is 0 Å². The summed E-state index contributed by atoms with van der Waals surface area (Å²) in [6.07, 6.45) is 3.20. The number of likely N-dealkylation sites (tertiary alicyclic amines) is 1. The Hall–Kier alpha value is -1.07. The van der Waals surface area contributed by atoms with Gasteiger partial charge in [0.2, 0.25) is 5.76 Å². The largest absolute Gasteiger partial charge is 0.438 e. The highest BCUT2D eigenvalue weighted by atomic mass is 35.5. The molecule has 0 spiro atoms. The van der Waals surface area contributed by atoms with Gasteiger partial charge in [0, 0.05) is 19.0 Å². The number of aromatic nitrogens is 1. The van der Waals surface area contributed by atoms with Crippen LogP contribution in [0.25, 0.3) is 0 Å². The molecule has 0 radical (unpaired) electrons. The first kappa shape index (κ1) is 13.4. The molecule has 2 rings (SSSR count). The van der Waals surface area contributed by atoms with Gasteiger partial charge in [-0.05, 0) is 19.8 Å². The van der Waals surface area contributed by atoms with E-state index in [1.54, 1.807) is 11.8 Å². The van der Waals surface area contributed by atoms with Crippen molar-refractivity contribution >= 4 is 17.5 Å². The molecule has 1 aliphatic rings. The van der Waals surface area contributed by atoms with Crippen LogP contribution in [0, 0.1) is 6.92 Å². The Bertz CT molecular complexity index is 400. The minimum absolute atomic E-state index is 0.0826. The van der Waals surface area contributed by atoms with E-state index in [2.05, 4.69) is 4.98 Å². The zero-order valence-electron chi connectivity index (χ0n) is 10.4. The number of piperidine rings is 1. The lowest BCUT2D eigenvalue weighted by atomic mass is 10.1. The summed E-state index contributed by atoms with van der Waals surface area (Å²) in [5, 5.41) is 0. The van der Waals surface area contributed by atoms with Crippen molar-refractivity contribution in [1.82, 2.24) is 9.88 Å². The molecule has 1 fully saturated rings. The Morgan fingerprint density at radius 1 is 1.61 bits per heavy atom. The van der Waals surface area contributed by atoms with Crippen molar-refractivity contribution in [2.24, 2.45) is 0 Å². The molecule has 0 aromatic carbocycles. The topological polar surface area (TPSA) is 55.6 Å². The first-order chi connectivity index (χ1) is 8.72. The number of alkyl halides is 1. The van der Waals surface area contributed by atoms with Crippen molar-refractivity contribution in [3.05, 3.63) is 17.8 Å². The van der Waals surface area contributed by atoms with Crippen molar-refractivity contribution in [2.45, 2.75) is 25.9 Å². The fraction of sp³-hybridized carbons (Fsp3) is 0.667. The smallest absolute Gasteiger partial charge is 0.291 e. The number of carbonyl (C=O) groups excluding carboxylic acids is 1. The van der Waals surface area contributed by atoms with Gasteiger partial charge in [-0.15, -0.1) is 11.6 Å². The van der Waals surface area contributed by atoms with Gasteiger partial charge in [-0.1, -0.05) is 0 Å². The summed E-state index contributed by atoms with van der Waals surface area (Å²) in [6.45, 7) is 3.71. The average Bonchev–Trinajstić information content (AvgIpc) is 2.82. The van der Waals surface area contributed by atoms with E-state index < -0.39 is 0 Å². The second-order valence-electron chi connectivity index (χ2n) is 4.32. The highest BCUT2D eigenvalue weighted by Gasteiger charge is 2.26. The maximum Gasteiger partial charge on any atom is 0.291 e. The molecule has 1 aliphatic heterocycles. The average molecular weight is 273 g/mol. The van der Waals surface area contributed by atoms with E-state index in [4.69, 9.17) is 20.8 Å². The number of amides is 1. The van der Waals surface area contributed by atoms with Crippen LogP contribution in [0.1, 0.15) is 29.1 Å². The normalized spacial score (nSPS) is 17.1. The molecule has 1 aromatic heterocycles. The summed E-state index contributed by atoms with van der Waals surface area (Å²) in [5.41, 5.74) is 0.639. The number of aryl methyl sites for hydroxylation is 1. The molecule has 0 unspecified atom stereocenters. The van der Waals surface area contributed by atoms with Crippen molar-refractivity contribution in [3.8, 4) is 0 Å². The van der Waals surface area contributed by atoms with E-state index in [0.717, 1.165) is 12.8 Å². The number of ether oxygens (including phenoxy) is 1. The molecule has 18 heavy (non-hydrogen) atoms. The molecule has 100 valence electrons. The highest BCUT2D eigenvalue weighted by Crippen LogP contribution is 2.17. The zero-order valence-corrected chi connectivity index (χ0v) is 11.2. The molecule has 1 aromatic rings. The van der Waals surface area contributed by atoms with Crippen LogP contribution in [-0.2, 0) is 4.74 Å². The first-order valence-electron chi connectivity index (χ1n) is 6.09. The Morgan fingerprint density at radius 3 is 2.89 bits per heavy atom. The summed E-state index contributed by atoms with van der Waals surface area (Å²) in [4.78, 5) is 17.9. The predicted molar refractivity (Wildman–Crippen MR) is 66.8 cm³/mol. The van der Waals surface area contributed by atoms with Gasteiger partial charge in [-0.25, -0.2) is 4.98 Å². The highest BCUT2D eigenvalue weighted by molar-refractivity contribution is 6.17. The lowest BCUT2D eigenvalue weighted by Gasteiger charge is -2.31. The Kier molecular flexibility index (Phi) is 4.60. The zero-order chi connectivity index (χ0) is 13.0. The molecular weight excluding hydrogens is 256 g/mol. The monoisotopic (exact) mass is 272 g/mol. The third-order valence-corrected chi connectivity index (χ3v) is 3.25. The van der Waals surface area contributed by atoms with E-state index in [-0.39, 0.29) is 12.0 Å². The summed E-state index contributed by atoms with van der Waals surface area (Å²) in [5.74, 6) is 0.770. The van der Waals surface area contributed by atoms with Gasteiger partial charge in [-0.2, -0.15) is 0 Å². The number of nitrogens with zero attached hydrogens (tertiary/aromatic N) is 2. The fourth-order valence-electron chi connectivity index (χ4n) is 2.09. The van der Waals surface area contributed by atoms with Crippen LogP contribution in [0.3, 0.4) is 0 Å². The minimum atomic E-state index is -0.0826. The summed E-state index contributed by atoms with van der Waals surface area (Å²) in [6, 6.07) is 0. The van der Waals surface area contributed by atoms with Gasteiger partial charge in [0.05, 0.1) is 18.4 Å². The van der Waals surface area contributed by atoms with Crippen LogP contribution in [0.2, 0.25) is 0 Å². The van der Waals surface area contributed by atoms with Crippen molar-refractivity contribution in [1.29, 1.82) is 0 Å². The number of rotatable bonds is 4. The van der Waals surface area contributed by atoms with E-state index in [0.29, 0.717) is 37.0 Å². The van der Waals surface area contributed by atoms with Crippen LogP contribution in [0.4, 0.5) is 0 Å². The maximum atomic E-state index is 12.1. The van der Waals surface area contributed by atoms with Crippen LogP contribution >= 0.6 is 11.6 Å². The summed E-state index contributed by atoms with van der Waals surface area (Å²) in [7, 11) is 0. The lowest BCUT2D eigenvalue weighted by molar-refractivity contribution is 0.0144. The van der Waals surface area contributed by atoms with Gasteiger partial charge >= 0.3 is 0 Å². The van der Waals surface area contributed by atoms with Crippen molar-refractivity contribution in [2.75, 3.05) is 25.6 Å². The molecule has 0 saturated carbocycles. The van der Waals surface area contributed by atoms with Crippen LogP contribution in [0.5, 0.6) is 0 Å². The molecule has 1 amide bonds. The number of halogens is 1. The van der Waals surface area contributed by atoms with Crippen molar-refractivity contribution in [3.63, 3.8) is 0 Å². The predicted octanol–water partition coefficient (Wildman–Crippen LogP) is 1.84. The molecule has 0 atom stereocenters. The SMILES string of the molecule is Cc1ncoc1C(=O)N1CCC(OCCCl)CC1. The minimum Gasteiger partial charge on any atom is -0.438 e. The summed E-state index contributed by atoms with van der Waals surface area (Å²) < 4.78 is 10.7. The second-order valence-corrected chi connectivity index (χ2v) is 4.70. The second kappa shape index (κ2) is 6.20. The van der Waals surface area contributed by atoms with Crippen molar-refractivity contribution < 1.29 is 13.9 Å². The molecule has 1 saturated heterocycles. The molecule has 6 heteroatoms. The van der Waals surface area contributed by atoms with Crippen LogP contribution in [0.15, 0.2) is 10.8 Å². The standard InChI is InChI=1S/C12H17ClN2O3/c1-9-11(18-8-14-9)12(16)15-5-2-10(3-6-15)17-7-4-13/h8,10H,2-7H2,1H3. The summed E-state index contributed by atoms with van der Waals surface area (Å²) >= 11 is 5.58. The maximum absolute atomic E-state index is 12.1. The quantitative estimate of drug-likeness (QED) is 0.785. The van der Waals surface area contributed by atoms with E-state index in [1.807, 2.05) is 0 Å². The third-order valence-electron chi connectivity index (χ3n) is 3.10. The van der Waals surface area contributed by atoms with Gasteiger partial charge in [0.25, 0.3) is 5.91 Å². The van der Waals surface area contributed by atoms with Gasteiger partial charge < -0.3 is 14.1 Å². The third kappa shape index (κ3) is 3.03. The van der Waals surface area contributed by atoms with E-state index in [9.17, 15) is 4.79 Å². The molecule has 2 heterocycles. The van der Waals surface area contributed by atoms with Gasteiger partial charge in [0.15, 0.2) is 6.39 Å². The Morgan fingerprint density at radius 2 is 2.33 bits per heavy atom. The number of hydrogen-bond donors (Lipinski definition) is 0. The number of oxazole rings is 1. The molecule has 0 N–H and O–H groups in total. The lowest BCUT2D eigenvalue weighted by Crippen LogP contribution is -2.41. The van der Waals surface area contributed by atoms with Gasteiger partial charge in [-0.3, -0.25) is 4.79 Å². The Balaban J connectivity index is 1.86. The number of hydrogen-bond acceptors (Lipinski definition) is 4.